The fourth-order valence-electron chi connectivity index (χ4n) is 6.53. The summed E-state index contributed by atoms with van der Waals surface area (Å²) < 4.78 is 65.3. The van der Waals surface area contributed by atoms with Crippen LogP contribution in [0.3, 0.4) is 0 Å². The molecule has 6 rings (SSSR count). The lowest BCUT2D eigenvalue weighted by atomic mass is 9.50. The summed E-state index contributed by atoms with van der Waals surface area (Å²) >= 11 is 0. The third kappa shape index (κ3) is 6.21. The molecule has 2 amide bonds. The van der Waals surface area contributed by atoms with E-state index in [1.807, 2.05) is 23.3 Å². The van der Waals surface area contributed by atoms with Crippen LogP contribution in [0.5, 0.6) is 0 Å². The zero-order valence-electron chi connectivity index (χ0n) is 22.8. The molecule has 4 aliphatic carbocycles. The van der Waals surface area contributed by atoms with Crippen molar-refractivity contribution in [3.63, 3.8) is 0 Å². The SMILES string of the molecule is Cc1ccc(S(=O)(=O)NC(=O)OCC#CC2(OC(=O)NS(=O)(=O)c3ccc(C)cc3)C3CC4CC(C3)CC2C4)cc1. The maximum atomic E-state index is 13.0. The topological polar surface area (TPSA) is 145 Å². The highest BCUT2D eigenvalue weighted by Crippen LogP contribution is 2.59. The highest BCUT2D eigenvalue weighted by molar-refractivity contribution is 7.90. The first-order valence-electron chi connectivity index (χ1n) is 13.4. The maximum absolute atomic E-state index is 13.0. The van der Waals surface area contributed by atoms with Gasteiger partial charge in [0.1, 0.15) is 0 Å². The summed E-state index contributed by atoms with van der Waals surface area (Å²) in [6.45, 7) is 3.18. The van der Waals surface area contributed by atoms with E-state index in [2.05, 4.69) is 11.8 Å². The number of hydrogen-bond acceptors (Lipinski definition) is 8. The van der Waals surface area contributed by atoms with Gasteiger partial charge in [-0.1, -0.05) is 47.2 Å². The molecule has 2 N–H and O–H groups in total. The van der Waals surface area contributed by atoms with E-state index in [4.69, 9.17) is 9.47 Å². The van der Waals surface area contributed by atoms with Crippen LogP contribution in [0.25, 0.3) is 0 Å². The van der Waals surface area contributed by atoms with Crippen molar-refractivity contribution in [2.45, 2.75) is 61.3 Å². The number of rotatable bonds is 6. The van der Waals surface area contributed by atoms with Gasteiger partial charge in [0.15, 0.2) is 12.2 Å². The largest absolute Gasteiger partial charge is 0.436 e. The first-order valence-corrected chi connectivity index (χ1v) is 16.4. The van der Waals surface area contributed by atoms with Gasteiger partial charge in [-0.3, -0.25) is 0 Å². The summed E-state index contributed by atoms with van der Waals surface area (Å²) in [6.07, 6.45) is 2.03. The molecule has 2 aromatic rings. The summed E-state index contributed by atoms with van der Waals surface area (Å²) in [4.78, 5) is 25.1. The van der Waals surface area contributed by atoms with Gasteiger partial charge in [0.2, 0.25) is 0 Å². The van der Waals surface area contributed by atoms with Crippen LogP contribution in [-0.2, 0) is 29.5 Å². The third-order valence-electron chi connectivity index (χ3n) is 8.27. The lowest BCUT2D eigenvalue weighted by Gasteiger charge is -2.57. The number of benzene rings is 2. The van der Waals surface area contributed by atoms with E-state index in [9.17, 15) is 26.4 Å². The van der Waals surface area contributed by atoms with Gasteiger partial charge in [0.05, 0.1) is 9.79 Å². The molecule has 0 aliphatic heterocycles. The van der Waals surface area contributed by atoms with Gasteiger partial charge in [-0.2, -0.15) is 0 Å². The van der Waals surface area contributed by atoms with Gasteiger partial charge >= 0.3 is 12.2 Å². The smallest absolute Gasteiger partial charge is 0.422 e. The second kappa shape index (κ2) is 11.0. The van der Waals surface area contributed by atoms with Gasteiger partial charge < -0.3 is 9.47 Å². The Morgan fingerprint density at radius 1 is 0.756 bits per heavy atom. The highest BCUT2D eigenvalue weighted by atomic mass is 32.2. The molecule has 4 bridgehead atoms. The van der Waals surface area contributed by atoms with E-state index in [0.717, 1.165) is 43.2 Å². The minimum absolute atomic E-state index is 0.0646. The first kappa shape index (κ1) is 29.0. The van der Waals surface area contributed by atoms with Crippen molar-refractivity contribution in [2.24, 2.45) is 23.7 Å². The Balaban J connectivity index is 1.29. The van der Waals surface area contributed by atoms with Crippen LogP contribution in [0.1, 0.15) is 43.2 Å². The van der Waals surface area contributed by atoms with E-state index < -0.39 is 44.4 Å². The summed E-state index contributed by atoms with van der Waals surface area (Å²) in [5.74, 6) is 6.59. The molecule has 12 heteroatoms. The second-order valence-corrected chi connectivity index (χ2v) is 14.6. The molecule has 218 valence electrons. The van der Waals surface area contributed by atoms with Gasteiger partial charge in [0, 0.05) is 11.8 Å². The molecule has 0 radical (unpaired) electrons. The average Bonchev–Trinajstić information content (AvgIpc) is 2.89. The van der Waals surface area contributed by atoms with Crippen molar-refractivity contribution in [1.29, 1.82) is 0 Å². The molecular weight excluding hydrogens is 568 g/mol. The fourth-order valence-corrected chi connectivity index (χ4v) is 8.30. The number of nitrogens with one attached hydrogen (secondary N) is 2. The Hall–Kier alpha value is -3.56. The van der Waals surface area contributed by atoms with Gasteiger partial charge in [-0.15, -0.1) is 0 Å². The lowest BCUT2D eigenvalue weighted by Crippen LogP contribution is -2.60. The lowest BCUT2D eigenvalue weighted by molar-refractivity contribution is -0.138. The molecule has 2 aromatic carbocycles. The summed E-state index contributed by atoms with van der Waals surface area (Å²) in [5.41, 5.74) is 0.496. The Morgan fingerprint density at radius 2 is 1.20 bits per heavy atom. The fraction of sp³-hybridized carbons (Fsp3) is 0.448. The number of sulfonamides is 2. The van der Waals surface area contributed by atoms with Crippen LogP contribution in [0.15, 0.2) is 58.3 Å². The molecule has 10 nitrogen and oxygen atoms in total. The molecular formula is C29H32N2O8S2. The molecule has 0 saturated heterocycles. The summed E-state index contributed by atoms with van der Waals surface area (Å²) in [6, 6.07) is 12.1. The molecule has 0 heterocycles. The summed E-state index contributed by atoms with van der Waals surface area (Å²) in [7, 11) is -8.29. The molecule has 0 atom stereocenters. The van der Waals surface area contributed by atoms with Crippen molar-refractivity contribution < 1.29 is 35.9 Å². The molecule has 0 unspecified atom stereocenters. The van der Waals surface area contributed by atoms with Crippen LogP contribution >= 0.6 is 0 Å². The van der Waals surface area contributed by atoms with Crippen molar-refractivity contribution in [2.75, 3.05) is 6.61 Å². The normalized spacial score (nSPS) is 26.4. The van der Waals surface area contributed by atoms with Crippen LogP contribution in [-0.4, -0.2) is 41.2 Å². The number of carbonyl (C=O) groups is 2. The molecule has 0 spiro atoms. The van der Waals surface area contributed by atoms with Crippen molar-refractivity contribution in [3.05, 3.63) is 59.7 Å². The van der Waals surface area contributed by atoms with Crippen molar-refractivity contribution >= 4 is 32.2 Å². The quantitative estimate of drug-likeness (QED) is 0.473. The van der Waals surface area contributed by atoms with E-state index in [1.165, 1.54) is 24.3 Å². The Bertz CT molecular complexity index is 1580. The zero-order chi connectivity index (χ0) is 29.4. The maximum Gasteiger partial charge on any atom is 0.422 e. The molecule has 41 heavy (non-hydrogen) atoms. The minimum Gasteiger partial charge on any atom is -0.436 e. The van der Waals surface area contributed by atoms with Gasteiger partial charge in [-0.25, -0.2) is 35.9 Å². The Morgan fingerprint density at radius 3 is 1.66 bits per heavy atom. The van der Waals surface area contributed by atoms with Crippen LogP contribution < -0.4 is 9.44 Å². The third-order valence-corrected chi connectivity index (χ3v) is 10.9. The molecule has 4 aliphatic rings. The van der Waals surface area contributed by atoms with Gasteiger partial charge in [-0.05, 0) is 82.1 Å². The van der Waals surface area contributed by atoms with E-state index >= 15 is 0 Å². The molecule has 4 saturated carbocycles. The number of aryl methyl sites for hydroxylation is 2. The van der Waals surface area contributed by atoms with E-state index in [1.54, 1.807) is 24.3 Å². The molecule has 0 aromatic heterocycles. The van der Waals surface area contributed by atoms with Gasteiger partial charge in [0.25, 0.3) is 20.0 Å². The minimum atomic E-state index is -4.17. The van der Waals surface area contributed by atoms with Crippen molar-refractivity contribution in [1.82, 2.24) is 9.44 Å². The Kier molecular flexibility index (Phi) is 7.78. The molecule has 4 fully saturated rings. The van der Waals surface area contributed by atoms with Crippen LogP contribution in [0, 0.1) is 49.4 Å². The number of amides is 2. The Labute approximate surface area is 240 Å². The number of hydrogen-bond donors (Lipinski definition) is 2. The zero-order valence-corrected chi connectivity index (χ0v) is 24.4. The van der Waals surface area contributed by atoms with Crippen molar-refractivity contribution in [3.8, 4) is 11.8 Å². The standard InChI is InChI=1S/C29H32N2O8S2/c1-19-4-8-25(9-5-19)40(34,35)30-27(32)38-13-3-12-29(23-15-21-14-22(17-23)18-24(29)16-21)39-28(33)31-41(36,37)26-10-6-20(2)7-11-26/h4-11,21-24H,13-18H2,1-2H3,(H,30,32)(H,31,33). The predicted octanol–water partition coefficient (Wildman–Crippen LogP) is 4.03. The first-order chi connectivity index (χ1) is 19.4. The number of ether oxygens (including phenoxy) is 2. The number of carbonyl (C=O) groups excluding carboxylic acids is 2. The second-order valence-electron chi connectivity index (χ2n) is 11.2. The summed E-state index contributed by atoms with van der Waals surface area (Å²) in [5, 5.41) is 0. The monoisotopic (exact) mass is 600 g/mol. The van der Waals surface area contributed by atoms with E-state index in [0.29, 0.717) is 11.8 Å². The predicted molar refractivity (Wildman–Crippen MR) is 148 cm³/mol. The average molecular weight is 601 g/mol. The van der Waals surface area contributed by atoms with Crippen LogP contribution in [0.2, 0.25) is 0 Å². The van der Waals surface area contributed by atoms with E-state index in [-0.39, 0.29) is 21.6 Å². The highest BCUT2D eigenvalue weighted by Gasteiger charge is 2.59. The van der Waals surface area contributed by atoms with Crippen LogP contribution in [0.4, 0.5) is 9.59 Å².